The summed E-state index contributed by atoms with van der Waals surface area (Å²) in [6.45, 7) is 23.6. The van der Waals surface area contributed by atoms with E-state index in [-0.39, 0.29) is 6.10 Å². The Morgan fingerprint density at radius 3 is 1.00 bits per heavy atom. The summed E-state index contributed by atoms with van der Waals surface area (Å²) >= 11 is -3.97. The van der Waals surface area contributed by atoms with E-state index in [0.717, 1.165) is 0 Å². The summed E-state index contributed by atoms with van der Waals surface area (Å²) in [5.41, 5.74) is 0. The second-order valence-corrected chi connectivity index (χ2v) is 29.1. The fourth-order valence-electron chi connectivity index (χ4n) is 1.55. The molecule has 0 radical (unpaired) electrons. The minimum absolute atomic E-state index is 0.0647. The average Bonchev–Trinajstić information content (AvgIpc) is 1.86. The van der Waals surface area contributed by atoms with Crippen molar-refractivity contribution in [2.24, 2.45) is 0 Å². The molecule has 122 valence electrons. The van der Waals surface area contributed by atoms with Crippen LogP contribution >= 0.6 is 0 Å². The molecule has 0 N–H and O–H groups in total. The molecule has 0 atom stereocenters. The quantitative estimate of drug-likeness (QED) is 0.532. The molecule has 0 aromatic rings. The van der Waals surface area contributed by atoms with Crippen LogP contribution in [-0.4, -0.2) is 31.1 Å². The molecule has 0 saturated heterocycles. The number of rotatable bonds is 8. The first-order chi connectivity index (χ1) is 8.54. The van der Waals surface area contributed by atoms with Gasteiger partial charge in [-0.25, -0.2) is 0 Å². The Hall–Kier alpha value is 1.37. The molecule has 0 amide bonds. The third kappa shape index (κ3) is 11.0. The molecule has 0 fully saturated rings. The fourth-order valence-corrected chi connectivity index (χ4v) is 26.3. The van der Waals surface area contributed by atoms with Crippen LogP contribution in [0, 0.1) is 0 Å². The Kier molecular flexibility index (Phi) is 7.80. The van der Waals surface area contributed by atoms with Crippen molar-refractivity contribution in [1.29, 1.82) is 0 Å². The Morgan fingerprint density at radius 2 is 0.850 bits per heavy atom. The van der Waals surface area contributed by atoms with Gasteiger partial charge in [0.1, 0.15) is 0 Å². The van der Waals surface area contributed by atoms with Gasteiger partial charge in [0.2, 0.25) is 0 Å². The second-order valence-electron chi connectivity index (χ2n) is 8.31. The van der Waals surface area contributed by atoms with Crippen LogP contribution in [-0.2, 0) is 32.3 Å². The third-order valence-corrected chi connectivity index (χ3v) is 25.2. The summed E-state index contributed by atoms with van der Waals surface area (Å²) in [5.74, 6) is 0. The van der Waals surface area contributed by atoms with Gasteiger partial charge in [-0.05, 0) is 0 Å². The predicted octanol–water partition coefficient (Wildman–Crippen LogP) is 4.78. The van der Waals surface area contributed by atoms with Gasteiger partial charge in [0.25, 0.3) is 0 Å². The second kappa shape index (κ2) is 7.30. The third-order valence-electron chi connectivity index (χ3n) is 1.67. The SMILES string of the molecule is CC(C)[O][Zr]([O][Si](C)(C)C)([O][Si](C)(C)C)[O][Si](C)(C)C. The number of hydrogen-bond acceptors (Lipinski definition) is 4. The maximum atomic E-state index is 6.44. The van der Waals surface area contributed by atoms with Crippen LogP contribution in [0.5, 0.6) is 0 Å². The van der Waals surface area contributed by atoms with Gasteiger partial charge in [-0.2, -0.15) is 0 Å². The van der Waals surface area contributed by atoms with Crippen LogP contribution in [0.15, 0.2) is 0 Å². The van der Waals surface area contributed by atoms with Crippen molar-refractivity contribution in [3.8, 4) is 0 Å². The Morgan fingerprint density at radius 1 is 0.600 bits per heavy atom. The molecule has 0 saturated carbocycles. The molecule has 0 aromatic heterocycles. The van der Waals surface area contributed by atoms with Crippen LogP contribution in [0.1, 0.15) is 13.8 Å². The van der Waals surface area contributed by atoms with E-state index in [0.29, 0.717) is 0 Å². The number of hydrogen-bond donors (Lipinski definition) is 0. The summed E-state index contributed by atoms with van der Waals surface area (Å²) in [6.07, 6.45) is 0.0647. The normalized spacial score (nSPS) is 15.0. The molecule has 8 heteroatoms. The molecular formula is C12H34O4Si3Zr. The summed E-state index contributed by atoms with van der Waals surface area (Å²) in [5, 5.41) is 0. The van der Waals surface area contributed by atoms with Crippen LogP contribution in [0.2, 0.25) is 58.9 Å². The maximum absolute atomic E-state index is 6.44. The van der Waals surface area contributed by atoms with Crippen molar-refractivity contribution in [1.82, 2.24) is 0 Å². The zero-order chi connectivity index (χ0) is 16.4. The molecule has 0 aromatic carbocycles. The molecule has 0 spiro atoms. The van der Waals surface area contributed by atoms with Gasteiger partial charge >= 0.3 is 136 Å². The molecule has 4 nitrogen and oxygen atoms in total. The standard InChI is InChI=1S/3C3H9OSi.C3H7O.Zr/c3*1-5(2,3)4;1-3(2)4;/h3*1-3H3;3H,1-2H3;/q4*-1;+4. The summed E-state index contributed by atoms with van der Waals surface area (Å²) in [4.78, 5) is 0. The Balaban J connectivity index is 5.50. The van der Waals surface area contributed by atoms with E-state index in [1.165, 1.54) is 0 Å². The van der Waals surface area contributed by atoms with Crippen LogP contribution in [0.25, 0.3) is 0 Å². The first-order valence-electron chi connectivity index (χ1n) is 7.32. The van der Waals surface area contributed by atoms with E-state index in [9.17, 15) is 0 Å². The van der Waals surface area contributed by atoms with E-state index in [1.807, 2.05) is 13.8 Å². The Bertz CT molecular complexity index is 265. The van der Waals surface area contributed by atoms with Gasteiger partial charge in [0, 0.05) is 0 Å². The van der Waals surface area contributed by atoms with Crippen molar-refractivity contribution in [2.75, 3.05) is 0 Å². The molecule has 0 aliphatic rings. The van der Waals surface area contributed by atoms with E-state index in [1.54, 1.807) is 0 Å². The van der Waals surface area contributed by atoms with Crippen molar-refractivity contribution in [3.05, 3.63) is 0 Å². The van der Waals surface area contributed by atoms with Crippen molar-refractivity contribution in [2.45, 2.75) is 78.9 Å². The first kappa shape index (κ1) is 21.4. The zero-order valence-corrected chi connectivity index (χ0v) is 20.7. The van der Waals surface area contributed by atoms with Gasteiger partial charge in [0.15, 0.2) is 0 Å². The van der Waals surface area contributed by atoms with Gasteiger partial charge in [-0.1, -0.05) is 0 Å². The summed E-state index contributed by atoms with van der Waals surface area (Å²) in [7, 11) is -5.39. The molecule has 20 heavy (non-hydrogen) atoms. The molecule has 0 bridgehead atoms. The van der Waals surface area contributed by atoms with E-state index in [4.69, 9.17) is 10.3 Å². The average molecular weight is 418 g/mol. The van der Waals surface area contributed by atoms with E-state index in [2.05, 4.69) is 58.9 Å². The summed E-state index contributed by atoms with van der Waals surface area (Å²) < 4.78 is 25.5. The van der Waals surface area contributed by atoms with Crippen molar-refractivity contribution < 1.29 is 32.3 Å². The molecule has 0 heterocycles. The zero-order valence-electron chi connectivity index (χ0n) is 15.2. The van der Waals surface area contributed by atoms with Crippen LogP contribution < -0.4 is 0 Å². The molecule has 0 aliphatic carbocycles. The van der Waals surface area contributed by atoms with Crippen molar-refractivity contribution >= 4 is 25.0 Å². The van der Waals surface area contributed by atoms with Crippen molar-refractivity contribution in [3.63, 3.8) is 0 Å². The van der Waals surface area contributed by atoms with Gasteiger partial charge in [0.05, 0.1) is 0 Å². The van der Waals surface area contributed by atoms with Crippen LogP contribution in [0.4, 0.5) is 0 Å². The van der Waals surface area contributed by atoms with Gasteiger partial charge < -0.3 is 0 Å². The topological polar surface area (TPSA) is 36.9 Å². The Labute approximate surface area is 135 Å². The first-order valence-corrected chi connectivity index (χ1v) is 21.6. The monoisotopic (exact) mass is 416 g/mol. The van der Waals surface area contributed by atoms with Gasteiger partial charge in [-0.15, -0.1) is 0 Å². The van der Waals surface area contributed by atoms with E-state index >= 15 is 0 Å². The predicted molar refractivity (Wildman–Crippen MR) is 89.5 cm³/mol. The van der Waals surface area contributed by atoms with Gasteiger partial charge in [-0.3, -0.25) is 0 Å². The molecule has 0 aliphatic heterocycles. The van der Waals surface area contributed by atoms with Crippen LogP contribution in [0.3, 0.4) is 0 Å². The fraction of sp³-hybridized carbons (Fsp3) is 1.00. The molecule has 0 rings (SSSR count). The summed E-state index contributed by atoms with van der Waals surface area (Å²) in [6, 6.07) is 0. The minimum atomic E-state index is -3.97. The molecular weight excluding hydrogens is 384 g/mol. The van der Waals surface area contributed by atoms with E-state index < -0.39 is 47.0 Å². The molecule has 0 unspecified atom stereocenters.